The van der Waals surface area contributed by atoms with Crippen LogP contribution < -0.4 is 0 Å². The summed E-state index contributed by atoms with van der Waals surface area (Å²) in [6, 6.07) is 7.36. The predicted molar refractivity (Wildman–Crippen MR) is 58.6 cm³/mol. The molecule has 0 amide bonds. The molecule has 1 spiro atoms. The van der Waals surface area contributed by atoms with Gasteiger partial charge in [-0.1, -0.05) is 24.3 Å². The highest BCUT2D eigenvalue weighted by Crippen LogP contribution is 2.44. The summed E-state index contributed by atoms with van der Waals surface area (Å²) in [4.78, 5) is 11.8. The number of Topliss-reactive ketones (excluding diaryl/α,β-unsaturated/α-hetero) is 1. The van der Waals surface area contributed by atoms with Gasteiger partial charge in [0.25, 0.3) is 0 Å². The van der Waals surface area contributed by atoms with Crippen LogP contribution in [0, 0.1) is 0 Å². The van der Waals surface area contributed by atoms with Gasteiger partial charge in [0, 0.05) is 17.5 Å². The maximum Gasteiger partial charge on any atom is 0.213 e. The SMILES string of the molecule is O=C1CC(Cl)C2(OCCO2)c2ccccc21. The van der Waals surface area contributed by atoms with E-state index >= 15 is 0 Å². The van der Waals surface area contributed by atoms with E-state index in [1.54, 1.807) is 6.07 Å². The average molecular weight is 239 g/mol. The lowest BCUT2D eigenvalue weighted by Crippen LogP contribution is -2.43. The highest BCUT2D eigenvalue weighted by molar-refractivity contribution is 6.24. The van der Waals surface area contributed by atoms with E-state index in [-0.39, 0.29) is 12.2 Å². The summed E-state index contributed by atoms with van der Waals surface area (Å²) in [5.41, 5.74) is 1.44. The lowest BCUT2D eigenvalue weighted by Gasteiger charge is -2.36. The first kappa shape index (κ1) is 10.3. The fourth-order valence-electron chi connectivity index (χ4n) is 2.37. The molecule has 4 heteroatoms. The number of hydrogen-bond donors (Lipinski definition) is 0. The number of hydrogen-bond acceptors (Lipinski definition) is 3. The lowest BCUT2D eigenvalue weighted by molar-refractivity contribution is -0.168. The van der Waals surface area contributed by atoms with E-state index in [9.17, 15) is 4.79 Å². The van der Waals surface area contributed by atoms with Crippen molar-refractivity contribution in [1.82, 2.24) is 0 Å². The molecule has 1 atom stereocenters. The van der Waals surface area contributed by atoms with Gasteiger partial charge in [-0.3, -0.25) is 4.79 Å². The molecule has 3 nitrogen and oxygen atoms in total. The predicted octanol–water partition coefficient (Wildman–Crippen LogP) is 2.08. The van der Waals surface area contributed by atoms with Gasteiger partial charge in [0.15, 0.2) is 5.78 Å². The first-order valence-electron chi connectivity index (χ1n) is 5.29. The third-order valence-electron chi connectivity index (χ3n) is 3.10. The number of carbonyl (C=O) groups excluding carboxylic acids is 1. The normalized spacial score (nSPS) is 27.1. The van der Waals surface area contributed by atoms with Gasteiger partial charge in [0.1, 0.15) is 0 Å². The molecule has 3 rings (SSSR count). The molecule has 1 unspecified atom stereocenters. The molecule has 16 heavy (non-hydrogen) atoms. The Hall–Kier alpha value is -0.900. The summed E-state index contributed by atoms with van der Waals surface area (Å²) in [6.45, 7) is 1.04. The first-order valence-corrected chi connectivity index (χ1v) is 5.72. The van der Waals surface area contributed by atoms with Crippen molar-refractivity contribution in [3.63, 3.8) is 0 Å². The number of halogens is 1. The minimum atomic E-state index is -0.911. The highest BCUT2D eigenvalue weighted by Gasteiger charge is 2.50. The Morgan fingerprint density at radius 3 is 2.69 bits per heavy atom. The highest BCUT2D eigenvalue weighted by atomic mass is 35.5. The van der Waals surface area contributed by atoms with E-state index < -0.39 is 11.2 Å². The van der Waals surface area contributed by atoms with Crippen LogP contribution in [0.3, 0.4) is 0 Å². The number of carbonyl (C=O) groups is 1. The molecule has 1 fully saturated rings. The first-order chi connectivity index (χ1) is 7.74. The number of alkyl halides is 1. The molecule has 0 radical (unpaired) electrons. The zero-order valence-electron chi connectivity index (χ0n) is 8.61. The molecule has 2 aliphatic rings. The maximum atomic E-state index is 11.8. The number of ketones is 1. The van der Waals surface area contributed by atoms with Crippen molar-refractivity contribution < 1.29 is 14.3 Å². The van der Waals surface area contributed by atoms with Gasteiger partial charge in [0.2, 0.25) is 5.79 Å². The molecule has 1 heterocycles. The number of benzene rings is 1. The van der Waals surface area contributed by atoms with Crippen LogP contribution in [0.4, 0.5) is 0 Å². The van der Waals surface area contributed by atoms with Crippen LogP contribution in [0.2, 0.25) is 0 Å². The third kappa shape index (κ3) is 1.25. The molecule has 1 saturated heterocycles. The number of fused-ring (bicyclic) bond motifs is 2. The third-order valence-corrected chi connectivity index (χ3v) is 3.54. The zero-order valence-corrected chi connectivity index (χ0v) is 9.37. The van der Waals surface area contributed by atoms with E-state index in [2.05, 4.69) is 0 Å². The van der Waals surface area contributed by atoms with Crippen LogP contribution in [0.1, 0.15) is 22.3 Å². The van der Waals surface area contributed by atoms with Crippen molar-refractivity contribution in [1.29, 1.82) is 0 Å². The average Bonchev–Trinajstić information content (AvgIpc) is 2.77. The van der Waals surface area contributed by atoms with Crippen LogP contribution in [-0.4, -0.2) is 24.4 Å². The standard InChI is InChI=1S/C12H11ClO3/c13-11-7-10(14)8-3-1-2-4-9(8)12(11)15-5-6-16-12/h1-4,11H,5-7H2. The molecule has 0 bridgehead atoms. The molecule has 0 saturated carbocycles. The van der Waals surface area contributed by atoms with Crippen molar-refractivity contribution in [2.45, 2.75) is 17.6 Å². The minimum Gasteiger partial charge on any atom is -0.342 e. The van der Waals surface area contributed by atoms with Crippen LogP contribution in [0.25, 0.3) is 0 Å². The van der Waals surface area contributed by atoms with Gasteiger partial charge in [-0.25, -0.2) is 0 Å². The molecule has 0 aromatic heterocycles. The van der Waals surface area contributed by atoms with E-state index in [1.807, 2.05) is 18.2 Å². The maximum absolute atomic E-state index is 11.8. The Morgan fingerprint density at radius 1 is 1.25 bits per heavy atom. The van der Waals surface area contributed by atoms with Crippen molar-refractivity contribution in [2.24, 2.45) is 0 Å². The van der Waals surface area contributed by atoms with Gasteiger partial charge < -0.3 is 9.47 Å². The van der Waals surface area contributed by atoms with Gasteiger partial charge in [-0.15, -0.1) is 11.6 Å². The Balaban J connectivity index is 2.19. The quantitative estimate of drug-likeness (QED) is 0.650. The van der Waals surface area contributed by atoms with Crippen LogP contribution in [0.15, 0.2) is 24.3 Å². The molecule has 1 aliphatic carbocycles. The molecule has 1 aromatic rings. The topological polar surface area (TPSA) is 35.5 Å². The van der Waals surface area contributed by atoms with Crippen molar-refractivity contribution in [2.75, 3.05) is 13.2 Å². The van der Waals surface area contributed by atoms with Gasteiger partial charge >= 0.3 is 0 Å². The molecule has 0 N–H and O–H groups in total. The summed E-state index contributed by atoms with van der Waals surface area (Å²) in [5.74, 6) is -0.855. The second kappa shape index (κ2) is 3.55. The zero-order chi connectivity index (χ0) is 11.2. The summed E-state index contributed by atoms with van der Waals surface area (Å²) in [5, 5.41) is -0.447. The van der Waals surface area contributed by atoms with Crippen LogP contribution in [-0.2, 0) is 15.3 Å². The Bertz CT molecular complexity index is 438. The van der Waals surface area contributed by atoms with Gasteiger partial charge in [-0.05, 0) is 0 Å². The number of rotatable bonds is 0. The van der Waals surface area contributed by atoms with Crippen LogP contribution >= 0.6 is 11.6 Å². The largest absolute Gasteiger partial charge is 0.342 e. The van der Waals surface area contributed by atoms with Gasteiger partial charge in [-0.2, -0.15) is 0 Å². The smallest absolute Gasteiger partial charge is 0.213 e. The summed E-state index contributed by atoms with van der Waals surface area (Å²) in [6.07, 6.45) is 0.262. The Morgan fingerprint density at radius 2 is 1.94 bits per heavy atom. The fraction of sp³-hybridized carbons (Fsp3) is 0.417. The van der Waals surface area contributed by atoms with E-state index in [0.29, 0.717) is 18.8 Å². The van der Waals surface area contributed by atoms with E-state index in [1.165, 1.54) is 0 Å². The Kier molecular flexibility index (Phi) is 2.28. The molecule has 1 aromatic carbocycles. The summed E-state index contributed by atoms with van der Waals surface area (Å²) < 4.78 is 11.3. The number of ether oxygens (including phenoxy) is 2. The minimum absolute atomic E-state index is 0.0559. The summed E-state index contributed by atoms with van der Waals surface area (Å²) >= 11 is 6.23. The Labute approximate surface area is 98.3 Å². The molecule has 84 valence electrons. The van der Waals surface area contributed by atoms with Crippen molar-refractivity contribution >= 4 is 17.4 Å². The van der Waals surface area contributed by atoms with E-state index in [4.69, 9.17) is 21.1 Å². The molecular weight excluding hydrogens is 228 g/mol. The molecular formula is C12H11ClO3. The molecule has 1 aliphatic heterocycles. The summed E-state index contributed by atoms with van der Waals surface area (Å²) in [7, 11) is 0. The second-order valence-electron chi connectivity index (χ2n) is 4.00. The monoisotopic (exact) mass is 238 g/mol. The fourth-order valence-corrected chi connectivity index (χ4v) is 2.75. The lowest BCUT2D eigenvalue weighted by atomic mass is 9.85. The van der Waals surface area contributed by atoms with Crippen molar-refractivity contribution in [3.05, 3.63) is 35.4 Å². The van der Waals surface area contributed by atoms with Crippen molar-refractivity contribution in [3.8, 4) is 0 Å². The van der Waals surface area contributed by atoms with Crippen LogP contribution in [0.5, 0.6) is 0 Å². The van der Waals surface area contributed by atoms with Gasteiger partial charge in [0.05, 0.1) is 18.6 Å². The van der Waals surface area contributed by atoms with E-state index in [0.717, 1.165) is 5.56 Å². The second-order valence-corrected chi connectivity index (χ2v) is 4.53.